The number of esters is 1. The largest absolute Gasteiger partial charge is 1.00 e. The third kappa shape index (κ3) is 5.82. The molecule has 3 nitrogen and oxygen atoms in total. The predicted molar refractivity (Wildman–Crippen MR) is 48.7 cm³/mol. The minimum absolute atomic E-state index is 0. The smallest absolute Gasteiger partial charge is 0.870 e. The number of carbonyl (C=O) groups is 1. The van der Waals surface area contributed by atoms with E-state index < -0.39 is 0 Å². The van der Waals surface area contributed by atoms with E-state index in [1.807, 2.05) is 30.3 Å². The molecule has 0 aliphatic carbocycles. The molecule has 0 unspecified atom stereocenters. The summed E-state index contributed by atoms with van der Waals surface area (Å²) in [6.07, 6.45) is 1.22. The summed E-state index contributed by atoms with van der Waals surface area (Å²) in [6.45, 7) is 0. The van der Waals surface area contributed by atoms with E-state index in [9.17, 15) is 4.79 Å². The third-order valence-electron chi connectivity index (χ3n) is 1.69. The monoisotopic (exact) mass is 188 g/mol. The maximum Gasteiger partial charge on any atom is 1.00 e. The van der Waals surface area contributed by atoms with Crippen molar-refractivity contribution in [3.8, 4) is 0 Å². The maximum absolute atomic E-state index is 10.8. The van der Waals surface area contributed by atoms with Gasteiger partial charge >= 0.3 is 24.8 Å². The molecular formula is C10H13LiO3. The van der Waals surface area contributed by atoms with E-state index in [1.54, 1.807) is 0 Å². The molecule has 0 bridgehead atoms. The van der Waals surface area contributed by atoms with Gasteiger partial charge in [-0.2, -0.15) is 0 Å². The fourth-order valence-electron chi connectivity index (χ4n) is 0.993. The fourth-order valence-corrected chi connectivity index (χ4v) is 0.993. The topological polar surface area (TPSA) is 56.3 Å². The molecule has 0 saturated carbocycles. The average molecular weight is 188 g/mol. The van der Waals surface area contributed by atoms with Gasteiger partial charge in [-0.15, -0.1) is 0 Å². The quantitative estimate of drug-likeness (QED) is 0.434. The van der Waals surface area contributed by atoms with Crippen LogP contribution in [0.25, 0.3) is 0 Å². The Morgan fingerprint density at radius 1 is 1.29 bits per heavy atom. The SMILES string of the molecule is COC(=O)CCc1ccccc1.[Li+].[OH-]. The van der Waals surface area contributed by atoms with E-state index in [-0.39, 0.29) is 30.3 Å². The summed E-state index contributed by atoms with van der Waals surface area (Å²) in [6, 6.07) is 9.90. The van der Waals surface area contributed by atoms with Crippen LogP contribution in [0.4, 0.5) is 0 Å². The van der Waals surface area contributed by atoms with Crippen LogP contribution >= 0.6 is 0 Å². The molecule has 0 amide bonds. The molecule has 0 radical (unpaired) electrons. The van der Waals surface area contributed by atoms with E-state index in [0.717, 1.165) is 6.42 Å². The number of aryl methyl sites for hydroxylation is 1. The van der Waals surface area contributed by atoms with Crippen LogP contribution in [-0.4, -0.2) is 18.6 Å². The van der Waals surface area contributed by atoms with Crippen LogP contribution < -0.4 is 18.9 Å². The van der Waals surface area contributed by atoms with Crippen LogP contribution in [0.5, 0.6) is 0 Å². The van der Waals surface area contributed by atoms with Gasteiger partial charge in [0.25, 0.3) is 0 Å². The predicted octanol–water partition coefficient (Wildman–Crippen LogP) is -1.38. The number of hydrogen-bond acceptors (Lipinski definition) is 3. The summed E-state index contributed by atoms with van der Waals surface area (Å²) in [7, 11) is 1.41. The second-order valence-electron chi connectivity index (χ2n) is 2.56. The molecule has 0 aliphatic rings. The zero-order chi connectivity index (χ0) is 8.81. The van der Waals surface area contributed by atoms with Crippen molar-refractivity contribution in [1.29, 1.82) is 0 Å². The fraction of sp³-hybridized carbons (Fsp3) is 0.300. The Hall–Kier alpha value is -0.753. The van der Waals surface area contributed by atoms with Crippen LogP contribution in [-0.2, 0) is 16.0 Å². The van der Waals surface area contributed by atoms with E-state index in [0.29, 0.717) is 6.42 Å². The minimum Gasteiger partial charge on any atom is -0.870 e. The molecule has 1 aromatic rings. The van der Waals surface area contributed by atoms with Gasteiger partial charge < -0.3 is 10.2 Å². The van der Waals surface area contributed by atoms with Crippen molar-refractivity contribution in [3.63, 3.8) is 0 Å². The van der Waals surface area contributed by atoms with Gasteiger partial charge in [-0.25, -0.2) is 0 Å². The van der Waals surface area contributed by atoms with Crippen molar-refractivity contribution >= 4 is 5.97 Å². The molecule has 0 heterocycles. The van der Waals surface area contributed by atoms with Crippen LogP contribution in [0, 0.1) is 0 Å². The number of rotatable bonds is 3. The Bertz CT molecular complexity index is 249. The first-order valence-electron chi connectivity index (χ1n) is 3.93. The second-order valence-corrected chi connectivity index (χ2v) is 2.56. The molecule has 4 heteroatoms. The molecule has 1 aromatic carbocycles. The van der Waals surface area contributed by atoms with E-state index in [2.05, 4.69) is 4.74 Å². The van der Waals surface area contributed by atoms with Gasteiger partial charge in [0.05, 0.1) is 7.11 Å². The summed E-state index contributed by atoms with van der Waals surface area (Å²) < 4.78 is 4.53. The Morgan fingerprint density at radius 3 is 2.36 bits per heavy atom. The van der Waals surface area contributed by atoms with Gasteiger partial charge in [-0.05, 0) is 12.0 Å². The van der Waals surface area contributed by atoms with Gasteiger partial charge in [0.1, 0.15) is 0 Å². The van der Waals surface area contributed by atoms with Crippen molar-refractivity contribution in [2.75, 3.05) is 7.11 Å². The summed E-state index contributed by atoms with van der Waals surface area (Å²) in [4.78, 5) is 10.8. The van der Waals surface area contributed by atoms with Crippen molar-refractivity contribution in [2.45, 2.75) is 12.8 Å². The number of methoxy groups -OCH3 is 1. The summed E-state index contributed by atoms with van der Waals surface area (Å²) in [5, 5.41) is 0. The summed E-state index contributed by atoms with van der Waals surface area (Å²) >= 11 is 0. The molecule has 1 N–H and O–H groups in total. The van der Waals surface area contributed by atoms with Crippen LogP contribution in [0.2, 0.25) is 0 Å². The molecule has 0 aliphatic heterocycles. The Labute approximate surface area is 95.9 Å². The van der Waals surface area contributed by atoms with Gasteiger partial charge in [0, 0.05) is 6.42 Å². The van der Waals surface area contributed by atoms with Gasteiger partial charge in [-0.1, -0.05) is 30.3 Å². The number of carbonyl (C=O) groups excluding carboxylic acids is 1. The molecule has 0 atom stereocenters. The molecule has 72 valence electrons. The Kier molecular flexibility index (Phi) is 9.91. The van der Waals surface area contributed by atoms with Crippen molar-refractivity contribution < 1.29 is 33.9 Å². The molecule has 0 saturated heterocycles. The molecule has 14 heavy (non-hydrogen) atoms. The number of ether oxygens (including phenoxy) is 1. The van der Waals surface area contributed by atoms with Gasteiger partial charge in [0.15, 0.2) is 0 Å². The Morgan fingerprint density at radius 2 is 1.86 bits per heavy atom. The molecule has 0 aromatic heterocycles. The minimum atomic E-state index is -0.154. The average Bonchev–Trinajstić information content (AvgIpc) is 2.16. The molecule has 0 spiro atoms. The van der Waals surface area contributed by atoms with Crippen molar-refractivity contribution in [3.05, 3.63) is 35.9 Å². The second kappa shape index (κ2) is 8.83. The third-order valence-corrected chi connectivity index (χ3v) is 1.69. The zero-order valence-corrected chi connectivity index (χ0v) is 8.56. The first-order valence-corrected chi connectivity index (χ1v) is 3.93. The first kappa shape index (κ1) is 15.7. The zero-order valence-electron chi connectivity index (χ0n) is 8.56. The molecular weight excluding hydrogens is 175 g/mol. The van der Waals surface area contributed by atoms with E-state index >= 15 is 0 Å². The molecule has 0 fully saturated rings. The van der Waals surface area contributed by atoms with Crippen molar-refractivity contribution in [1.82, 2.24) is 0 Å². The number of hydrogen-bond donors (Lipinski definition) is 0. The van der Waals surface area contributed by atoms with Crippen LogP contribution in [0.3, 0.4) is 0 Å². The standard InChI is InChI=1S/C10H12O2.Li.H2O/c1-12-10(11)8-7-9-5-3-2-4-6-9;;/h2-6H,7-8H2,1H3;;1H2/q;+1;/p-1. The number of benzene rings is 1. The van der Waals surface area contributed by atoms with Gasteiger partial charge in [0.2, 0.25) is 0 Å². The maximum atomic E-state index is 10.8. The van der Waals surface area contributed by atoms with Gasteiger partial charge in [-0.3, -0.25) is 4.79 Å². The first-order chi connectivity index (χ1) is 5.83. The molecule has 1 rings (SSSR count). The van der Waals surface area contributed by atoms with E-state index in [4.69, 9.17) is 0 Å². The van der Waals surface area contributed by atoms with Crippen LogP contribution in [0.15, 0.2) is 30.3 Å². The summed E-state index contributed by atoms with van der Waals surface area (Å²) in [5.41, 5.74) is 1.17. The van der Waals surface area contributed by atoms with Crippen LogP contribution in [0.1, 0.15) is 12.0 Å². The Balaban J connectivity index is 0. The van der Waals surface area contributed by atoms with E-state index in [1.165, 1.54) is 12.7 Å². The normalized spacial score (nSPS) is 8.07. The van der Waals surface area contributed by atoms with Crippen molar-refractivity contribution in [2.24, 2.45) is 0 Å². The summed E-state index contributed by atoms with van der Waals surface area (Å²) in [5.74, 6) is -0.154.